The number of nitriles is 1. The topological polar surface area (TPSA) is 123 Å². The van der Waals surface area contributed by atoms with Crippen LogP contribution in [0.4, 0.5) is 16.9 Å². The van der Waals surface area contributed by atoms with E-state index < -0.39 is 0 Å². The van der Waals surface area contributed by atoms with Crippen LogP contribution in [0.15, 0.2) is 42.7 Å². The van der Waals surface area contributed by atoms with Crippen LogP contribution < -0.4 is 10.6 Å². The lowest BCUT2D eigenvalue weighted by atomic mass is 9.93. The van der Waals surface area contributed by atoms with Gasteiger partial charge in [-0.15, -0.1) is 0 Å². The van der Waals surface area contributed by atoms with Crippen molar-refractivity contribution in [3.63, 3.8) is 0 Å². The van der Waals surface area contributed by atoms with E-state index in [2.05, 4.69) is 32.7 Å². The van der Waals surface area contributed by atoms with Gasteiger partial charge >= 0.3 is 0 Å². The Kier molecular flexibility index (Phi) is 7.63. The third-order valence-corrected chi connectivity index (χ3v) is 8.40. The van der Waals surface area contributed by atoms with Gasteiger partial charge in [0.05, 0.1) is 27.6 Å². The van der Waals surface area contributed by atoms with Crippen LogP contribution in [0.25, 0.3) is 21.3 Å². The molecule has 6 rings (SSSR count). The van der Waals surface area contributed by atoms with Gasteiger partial charge in [-0.2, -0.15) is 10.2 Å². The van der Waals surface area contributed by atoms with Gasteiger partial charge in [-0.3, -0.25) is 9.88 Å². The lowest BCUT2D eigenvalue weighted by molar-refractivity contribution is 0.126. The maximum absolute atomic E-state index is 9.90. The molecule has 0 spiro atoms. The molecule has 10 heteroatoms. The fourth-order valence-corrected chi connectivity index (χ4v) is 6.29. The van der Waals surface area contributed by atoms with Gasteiger partial charge in [0.1, 0.15) is 11.9 Å². The van der Waals surface area contributed by atoms with Gasteiger partial charge in [-0.05, 0) is 75.4 Å². The van der Waals surface area contributed by atoms with Crippen LogP contribution in [0.5, 0.6) is 0 Å². The summed E-state index contributed by atoms with van der Waals surface area (Å²) in [6.45, 7) is 3.00. The van der Waals surface area contributed by atoms with E-state index in [1.54, 1.807) is 23.7 Å². The zero-order valence-corrected chi connectivity index (χ0v) is 22.6. The quantitative estimate of drug-likeness (QED) is 0.280. The molecule has 4 heterocycles. The first-order valence-electron chi connectivity index (χ1n) is 13.7. The number of piperidine rings is 1. The van der Waals surface area contributed by atoms with E-state index >= 15 is 0 Å². The predicted molar refractivity (Wildman–Crippen MR) is 154 cm³/mol. The molecule has 0 bridgehead atoms. The summed E-state index contributed by atoms with van der Waals surface area (Å²) >= 11 is 1.57. The minimum absolute atomic E-state index is 0.197. The van der Waals surface area contributed by atoms with E-state index in [-0.39, 0.29) is 12.1 Å². The van der Waals surface area contributed by atoms with Crippen molar-refractivity contribution in [2.75, 3.05) is 23.7 Å². The van der Waals surface area contributed by atoms with Crippen LogP contribution in [0.3, 0.4) is 0 Å². The van der Waals surface area contributed by atoms with Gasteiger partial charge in [-0.25, -0.2) is 9.97 Å². The highest BCUT2D eigenvalue weighted by molar-refractivity contribution is 7.22. The molecule has 9 nitrogen and oxygen atoms in total. The summed E-state index contributed by atoms with van der Waals surface area (Å²) in [5.74, 6) is 1.35. The Hall–Kier alpha value is -3.65. The molecule has 1 aromatic carbocycles. The van der Waals surface area contributed by atoms with Crippen LogP contribution in [0.1, 0.15) is 56.2 Å². The van der Waals surface area contributed by atoms with Gasteiger partial charge in [0.25, 0.3) is 0 Å². The summed E-state index contributed by atoms with van der Waals surface area (Å²) in [7, 11) is 0. The Morgan fingerprint density at radius 3 is 2.64 bits per heavy atom. The van der Waals surface area contributed by atoms with E-state index in [0.717, 1.165) is 83.3 Å². The monoisotopic (exact) mass is 540 g/mol. The zero-order valence-electron chi connectivity index (χ0n) is 21.8. The molecule has 0 atom stereocenters. The molecule has 1 aliphatic heterocycles. The maximum Gasteiger partial charge on any atom is 0.225 e. The molecule has 4 aromatic rings. The number of hydrogen-bond donors (Lipinski definition) is 3. The van der Waals surface area contributed by atoms with Crippen molar-refractivity contribution < 1.29 is 5.11 Å². The Morgan fingerprint density at radius 1 is 0.974 bits per heavy atom. The molecule has 200 valence electrons. The van der Waals surface area contributed by atoms with Crippen molar-refractivity contribution in [1.29, 1.82) is 5.26 Å². The number of aliphatic hydroxyl groups excluding tert-OH is 1. The van der Waals surface area contributed by atoms with E-state index in [0.29, 0.717) is 11.5 Å². The molecule has 0 amide bonds. The predicted octanol–water partition coefficient (Wildman–Crippen LogP) is 5.46. The maximum atomic E-state index is 9.90. The molecule has 2 fully saturated rings. The number of aromatic nitrogens is 4. The first-order chi connectivity index (χ1) is 19.1. The molecule has 1 saturated heterocycles. The molecule has 0 radical (unpaired) electrons. The van der Waals surface area contributed by atoms with Gasteiger partial charge in [0, 0.05) is 36.6 Å². The van der Waals surface area contributed by atoms with Crippen molar-refractivity contribution in [2.24, 2.45) is 0 Å². The van der Waals surface area contributed by atoms with Crippen LogP contribution in [0, 0.1) is 11.3 Å². The van der Waals surface area contributed by atoms with Crippen molar-refractivity contribution >= 4 is 38.5 Å². The number of nitrogens with one attached hydrogen (secondary N) is 2. The van der Waals surface area contributed by atoms with E-state index in [1.165, 1.54) is 19.3 Å². The summed E-state index contributed by atoms with van der Waals surface area (Å²) in [6.07, 6.45) is 10.3. The average molecular weight is 541 g/mol. The number of hydrogen-bond acceptors (Lipinski definition) is 10. The second-order valence-corrected chi connectivity index (χ2v) is 11.5. The Bertz CT molecular complexity index is 1480. The molecule has 0 unspecified atom stereocenters. The lowest BCUT2D eigenvalue weighted by Crippen LogP contribution is -2.30. The normalized spacial score (nSPS) is 20.0. The van der Waals surface area contributed by atoms with Gasteiger partial charge in [0.15, 0.2) is 5.13 Å². The second-order valence-electron chi connectivity index (χ2n) is 10.5. The van der Waals surface area contributed by atoms with Gasteiger partial charge < -0.3 is 15.7 Å². The highest BCUT2D eigenvalue weighted by Crippen LogP contribution is 2.32. The van der Waals surface area contributed by atoms with Gasteiger partial charge in [0.2, 0.25) is 5.95 Å². The van der Waals surface area contributed by atoms with Crippen molar-refractivity contribution in [2.45, 2.75) is 63.6 Å². The minimum Gasteiger partial charge on any atom is -0.393 e. The third-order valence-electron chi connectivity index (χ3n) is 7.47. The van der Waals surface area contributed by atoms with E-state index in [1.807, 2.05) is 24.3 Å². The number of rotatable bonds is 7. The number of thiazole rings is 1. The van der Waals surface area contributed by atoms with E-state index in [9.17, 15) is 10.4 Å². The molecular formula is C29H32N8OS. The van der Waals surface area contributed by atoms with Crippen LogP contribution >= 0.6 is 11.3 Å². The van der Waals surface area contributed by atoms with Crippen molar-refractivity contribution in [3.05, 3.63) is 54.0 Å². The fourth-order valence-electron chi connectivity index (χ4n) is 5.38. The smallest absolute Gasteiger partial charge is 0.225 e. The summed E-state index contributed by atoms with van der Waals surface area (Å²) in [4.78, 5) is 21.1. The highest BCUT2D eigenvalue weighted by Gasteiger charge is 2.21. The average Bonchev–Trinajstić information content (AvgIpc) is 3.36. The summed E-state index contributed by atoms with van der Waals surface area (Å²) < 4.78 is 1.04. The van der Waals surface area contributed by atoms with Crippen LogP contribution in [0.2, 0.25) is 0 Å². The molecule has 1 saturated carbocycles. The number of likely N-dealkylation sites (tertiary alicyclic amines) is 1. The Morgan fingerprint density at radius 2 is 1.82 bits per heavy atom. The standard InChI is InChI=1S/C29H32N8OS/c30-15-19-12-21(17-31-16-19)20-4-9-25-26(13-20)39-29(34-25)36-27-14-23(18-37-10-2-1-3-11-37)33-28(35-27)32-22-5-7-24(38)8-6-22/h4,9,12-14,16-17,22,24,38H,1-3,5-8,10-11,18H2,(H2,32,33,34,35,36)/t22-,24-. The SMILES string of the molecule is N#Cc1cncc(-c2ccc3nc(Nc4cc(CN5CCCCC5)nc(N[C@H]5CC[C@H](O)CC5)n4)sc3c2)c1. The molecule has 3 N–H and O–H groups in total. The van der Waals surface area contributed by atoms with Crippen LogP contribution in [-0.4, -0.2) is 55.2 Å². The number of fused-ring (bicyclic) bond motifs is 1. The Labute approximate surface area is 232 Å². The summed E-state index contributed by atoms with van der Waals surface area (Å²) in [5, 5.41) is 26.8. The number of benzene rings is 1. The molecule has 2 aliphatic rings. The molecule has 39 heavy (non-hydrogen) atoms. The number of pyridine rings is 1. The lowest BCUT2D eigenvalue weighted by Gasteiger charge is -2.27. The Balaban J connectivity index is 1.25. The fraction of sp³-hybridized carbons (Fsp3) is 0.414. The zero-order chi connectivity index (χ0) is 26.6. The van der Waals surface area contributed by atoms with E-state index in [4.69, 9.17) is 15.0 Å². The molecule has 1 aliphatic carbocycles. The molecule has 3 aromatic heterocycles. The summed E-state index contributed by atoms with van der Waals surface area (Å²) in [5.41, 5.74) is 4.33. The third kappa shape index (κ3) is 6.33. The molecular weight excluding hydrogens is 508 g/mol. The first kappa shape index (κ1) is 25.6. The largest absolute Gasteiger partial charge is 0.393 e. The number of aliphatic hydroxyl groups is 1. The number of nitrogens with zero attached hydrogens (tertiary/aromatic N) is 6. The minimum atomic E-state index is -0.197. The summed E-state index contributed by atoms with van der Waals surface area (Å²) in [6, 6.07) is 12.4. The second kappa shape index (κ2) is 11.6. The highest BCUT2D eigenvalue weighted by atomic mass is 32.1. The van der Waals surface area contributed by atoms with Crippen LogP contribution in [-0.2, 0) is 6.54 Å². The van der Waals surface area contributed by atoms with Crippen molar-refractivity contribution in [1.82, 2.24) is 24.8 Å². The number of anilines is 3. The first-order valence-corrected chi connectivity index (χ1v) is 14.5. The van der Waals surface area contributed by atoms with Crippen molar-refractivity contribution in [3.8, 4) is 17.2 Å². The van der Waals surface area contributed by atoms with Gasteiger partial charge in [-0.1, -0.05) is 23.8 Å².